The predicted molar refractivity (Wildman–Crippen MR) is 54.7 cm³/mol. The monoisotopic (exact) mass is 291 g/mol. The van der Waals surface area contributed by atoms with Gasteiger partial charge in [0.2, 0.25) is 0 Å². The van der Waals surface area contributed by atoms with E-state index in [1.807, 2.05) is 0 Å². The maximum atomic E-state index is 11.6. The molecular formula is C11H8NO3Y-. The van der Waals surface area contributed by atoms with Crippen LogP contribution in [-0.4, -0.2) is 18.1 Å². The third kappa shape index (κ3) is 2.39. The molecular weight excluding hydrogens is 283 g/mol. The topological polar surface area (TPSA) is 59.2 Å². The van der Waals surface area contributed by atoms with E-state index in [0.717, 1.165) is 0 Å². The van der Waals surface area contributed by atoms with Crippen LogP contribution in [0.5, 0.6) is 0 Å². The van der Waals surface area contributed by atoms with E-state index in [0.29, 0.717) is 10.9 Å². The number of H-pyrrole nitrogens is 1. The van der Waals surface area contributed by atoms with Crippen molar-refractivity contribution in [3.63, 3.8) is 0 Å². The Morgan fingerprint density at radius 2 is 2.25 bits per heavy atom. The van der Waals surface area contributed by atoms with Gasteiger partial charge in [-0.1, -0.05) is 10.9 Å². The summed E-state index contributed by atoms with van der Waals surface area (Å²) in [5.74, 6) is -0.554. The minimum absolute atomic E-state index is 0. The molecule has 0 bridgehead atoms. The molecule has 5 heteroatoms. The first-order valence-corrected chi connectivity index (χ1v) is 4.34. The van der Waals surface area contributed by atoms with E-state index in [-0.39, 0.29) is 43.8 Å². The van der Waals surface area contributed by atoms with Gasteiger partial charge in [-0.25, -0.2) is 4.79 Å². The second-order valence-electron chi connectivity index (χ2n) is 3.01. The van der Waals surface area contributed by atoms with Gasteiger partial charge in [-0.3, -0.25) is 0 Å². The van der Waals surface area contributed by atoms with Crippen molar-refractivity contribution in [2.45, 2.75) is 0 Å². The fourth-order valence-corrected chi connectivity index (χ4v) is 1.35. The van der Waals surface area contributed by atoms with Gasteiger partial charge >= 0.3 is 5.97 Å². The third-order valence-corrected chi connectivity index (χ3v) is 2.08. The van der Waals surface area contributed by atoms with Crippen molar-refractivity contribution in [1.82, 2.24) is 4.98 Å². The predicted octanol–water partition coefficient (Wildman–Crippen LogP) is 1.11. The molecule has 0 saturated carbocycles. The van der Waals surface area contributed by atoms with Gasteiger partial charge in [0, 0.05) is 38.8 Å². The van der Waals surface area contributed by atoms with Crippen LogP contribution in [0.2, 0.25) is 0 Å². The number of nitrogens with one attached hydrogen (secondary N) is 1. The SMILES string of the molecule is COC(=O)c1cc(=O)c2c[c-]ccc2[nH]1.[Y]. The van der Waals surface area contributed by atoms with E-state index >= 15 is 0 Å². The molecule has 16 heavy (non-hydrogen) atoms. The maximum Gasteiger partial charge on any atom is 0.354 e. The number of methoxy groups -OCH3 is 1. The second-order valence-corrected chi connectivity index (χ2v) is 3.01. The number of carbonyl (C=O) groups excluding carboxylic acids is 1. The minimum Gasteiger partial charge on any atom is -0.464 e. The van der Waals surface area contributed by atoms with Crippen molar-refractivity contribution in [3.8, 4) is 0 Å². The number of benzene rings is 1. The average molecular weight is 291 g/mol. The second kappa shape index (κ2) is 5.37. The number of hydrogen-bond acceptors (Lipinski definition) is 3. The Kier molecular flexibility index (Phi) is 4.39. The van der Waals surface area contributed by atoms with E-state index in [4.69, 9.17) is 0 Å². The van der Waals surface area contributed by atoms with Crippen LogP contribution in [0.25, 0.3) is 10.9 Å². The fraction of sp³-hybridized carbons (Fsp3) is 0.0909. The summed E-state index contributed by atoms with van der Waals surface area (Å²) in [4.78, 5) is 25.6. The summed E-state index contributed by atoms with van der Waals surface area (Å²) in [6, 6.07) is 8.96. The number of carbonyl (C=O) groups is 1. The fourth-order valence-electron chi connectivity index (χ4n) is 1.35. The summed E-state index contributed by atoms with van der Waals surface area (Å²) in [7, 11) is 1.27. The molecule has 2 aromatic rings. The van der Waals surface area contributed by atoms with Crippen molar-refractivity contribution in [3.05, 3.63) is 46.2 Å². The number of fused-ring (bicyclic) bond motifs is 1. The van der Waals surface area contributed by atoms with Crippen molar-refractivity contribution < 1.29 is 42.2 Å². The summed E-state index contributed by atoms with van der Waals surface area (Å²) in [5.41, 5.74) is 0.531. The Labute approximate surface area is 117 Å². The van der Waals surface area contributed by atoms with Gasteiger partial charge in [-0.05, 0) is 0 Å². The van der Waals surface area contributed by atoms with Gasteiger partial charge in [0.15, 0.2) is 0 Å². The smallest absolute Gasteiger partial charge is 0.354 e. The van der Waals surface area contributed by atoms with E-state index in [1.165, 1.54) is 13.2 Å². The Hall–Kier alpha value is -0.996. The zero-order valence-electron chi connectivity index (χ0n) is 8.61. The molecule has 0 atom stereocenters. The zero-order valence-corrected chi connectivity index (χ0v) is 11.4. The quantitative estimate of drug-likeness (QED) is 0.632. The average Bonchev–Trinajstić information content (AvgIpc) is 2.28. The van der Waals surface area contributed by atoms with Crippen LogP contribution >= 0.6 is 0 Å². The molecule has 0 aliphatic heterocycles. The van der Waals surface area contributed by atoms with Crippen molar-refractivity contribution in [1.29, 1.82) is 0 Å². The molecule has 4 nitrogen and oxygen atoms in total. The zero-order chi connectivity index (χ0) is 10.8. The van der Waals surface area contributed by atoms with Gasteiger partial charge in [0.1, 0.15) is 11.1 Å². The van der Waals surface area contributed by atoms with Crippen molar-refractivity contribution in [2.24, 2.45) is 0 Å². The molecule has 0 unspecified atom stereocenters. The Morgan fingerprint density at radius 3 is 2.94 bits per heavy atom. The first-order chi connectivity index (χ1) is 7.22. The number of rotatable bonds is 1. The van der Waals surface area contributed by atoms with Gasteiger partial charge in [0.25, 0.3) is 0 Å². The van der Waals surface area contributed by atoms with Gasteiger partial charge in [-0.15, -0.1) is 6.07 Å². The molecule has 2 rings (SSSR count). The minimum atomic E-state index is -0.554. The van der Waals surface area contributed by atoms with Crippen LogP contribution in [0.1, 0.15) is 10.5 Å². The summed E-state index contributed by atoms with van der Waals surface area (Å²) in [6.07, 6.45) is 0. The van der Waals surface area contributed by atoms with Crippen molar-refractivity contribution in [2.75, 3.05) is 7.11 Å². The van der Waals surface area contributed by atoms with Gasteiger partial charge in [0.05, 0.1) is 7.11 Å². The van der Waals surface area contributed by atoms with E-state index in [2.05, 4.69) is 15.8 Å². The van der Waals surface area contributed by atoms with Gasteiger partial charge < -0.3 is 14.5 Å². The van der Waals surface area contributed by atoms with E-state index in [9.17, 15) is 9.59 Å². The molecule has 0 saturated heterocycles. The van der Waals surface area contributed by atoms with Crippen LogP contribution in [0.15, 0.2) is 29.1 Å². The number of hydrogen-bond donors (Lipinski definition) is 1. The normalized spacial score (nSPS) is 9.56. The van der Waals surface area contributed by atoms with E-state index in [1.54, 1.807) is 18.2 Å². The molecule has 0 fully saturated rings. The first kappa shape index (κ1) is 13.1. The number of ether oxygens (including phenoxy) is 1. The maximum absolute atomic E-state index is 11.6. The summed E-state index contributed by atoms with van der Waals surface area (Å²) in [5, 5.41) is 0.505. The molecule has 0 amide bonds. The number of aromatic amines is 1. The number of esters is 1. The Bertz CT molecular complexity index is 577. The first-order valence-electron chi connectivity index (χ1n) is 4.34. The van der Waals surface area contributed by atoms with Gasteiger partial charge in [-0.2, -0.15) is 18.2 Å². The summed E-state index contributed by atoms with van der Waals surface area (Å²) in [6.45, 7) is 0. The summed E-state index contributed by atoms with van der Waals surface area (Å²) >= 11 is 0. The van der Waals surface area contributed by atoms with Crippen molar-refractivity contribution >= 4 is 16.9 Å². The summed E-state index contributed by atoms with van der Waals surface area (Å²) < 4.78 is 4.52. The molecule has 1 radical (unpaired) electrons. The largest absolute Gasteiger partial charge is 0.464 e. The van der Waals surface area contributed by atoms with E-state index < -0.39 is 5.97 Å². The Morgan fingerprint density at radius 1 is 1.50 bits per heavy atom. The molecule has 79 valence electrons. The molecule has 1 aromatic heterocycles. The molecule has 1 heterocycles. The molecule has 1 aromatic carbocycles. The third-order valence-electron chi connectivity index (χ3n) is 2.08. The van der Waals surface area contributed by atoms with Crippen LogP contribution in [0.3, 0.4) is 0 Å². The number of pyridine rings is 1. The van der Waals surface area contributed by atoms with Crippen LogP contribution in [-0.2, 0) is 37.4 Å². The molecule has 1 N–H and O–H groups in total. The Balaban J connectivity index is 0.00000128. The number of aromatic nitrogens is 1. The van der Waals surface area contributed by atoms with Crippen LogP contribution in [0.4, 0.5) is 0 Å². The van der Waals surface area contributed by atoms with Crippen LogP contribution in [0, 0.1) is 6.07 Å². The molecule has 0 spiro atoms. The molecule has 0 aliphatic carbocycles. The molecule has 0 aliphatic rings. The standard InChI is InChI=1S/C11H8NO3.Y/c1-15-11(14)9-6-10(13)7-4-2-3-5-8(7)12-9;/h3-6H,1H3,(H,12,13);/q-1;. The van der Waals surface area contributed by atoms with Crippen LogP contribution < -0.4 is 5.43 Å².